The number of fused-ring (bicyclic) bond motifs is 1. The van der Waals surface area contributed by atoms with Gasteiger partial charge in [-0.15, -0.1) is 22.7 Å². The Morgan fingerprint density at radius 1 is 1.41 bits per heavy atom. The zero-order chi connectivity index (χ0) is 19.0. The number of nitrogens with one attached hydrogen (secondary N) is 2. The van der Waals surface area contributed by atoms with E-state index in [0.717, 1.165) is 10.4 Å². The molecule has 8 nitrogen and oxygen atoms in total. The van der Waals surface area contributed by atoms with Gasteiger partial charge in [-0.1, -0.05) is 6.07 Å². The molecule has 0 radical (unpaired) electrons. The number of carbonyl (C=O) groups is 1. The zero-order valence-corrected chi connectivity index (χ0v) is 16.6. The van der Waals surface area contributed by atoms with Gasteiger partial charge in [-0.05, 0) is 23.7 Å². The van der Waals surface area contributed by atoms with Crippen LogP contribution >= 0.6 is 34.9 Å². The van der Waals surface area contributed by atoms with Crippen molar-refractivity contribution < 1.29 is 4.79 Å². The molecule has 0 unspecified atom stereocenters. The monoisotopic (exact) mass is 418 g/mol. The van der Waals surface area contributed by atoms with Crippen molar-refractivity contribution in [1.82, 2.24) is 29.6 Å². The fourth-order valence-corrected chi connectivity index (χ4v) is 4.49. The third-order valence-electron chi connectivity index (χ3n) is 4.08. The largest absolute Gasteiger partial charge is 0.347 e. The number of aromatic nitrogens is 5. The third-order valence-corrected chi connectivity index (χ3v) is 6.23. The first-order valence-electron chi connectivity index (χ1n) is 7.92. The van der Waals surface area contributed by atoms with Gasteiger partial charge >= 0.3 is 0 Å². The summed E-state index contributed by atoms with van der Waals surface area (Å²) in [5, 5.41) is 13.9. The van der Waals surface area contributed by atoms with Crippen molar-refractivity contribution in [3.63, 3.8) is 0 Å². The average molecular weight is 419 g/mol. The first-order valence-corrected chi connectivity index (χ1v) is 10.1. The minimum absolute atomic E-state index is 0.115. The predicted molar refractivity (Wildman–Crippen MR) is 107 cm³/mol. The lowest BCUT2D eigenvalue weighted by molar-refractivity contribution is -0.121. The van der Waals surface area contributed by atoms with Crippen LogP contribution < -0.4 is 10.9 Å². The molecule has 27 heavy (non-hydrogen) atoms. The fraction of sp³-hybridized carbons (Fsp3) is 0.188. The van der Waals surface area contributed by atoms with Gasteiger partial charge in [0.15, 0.2) is 10.6 Å². The molecule has 138 valence electrons. The molecule has 11 heteroatoms. The molecule has 4 rings (SSSR count). The molecule has 1 amide bonds. The normalized spacial score (nSPS) is 11.1. The van der Waals surface area contributed by atoms with Crippen LogP contribution in [0.2, 0.25) is 0 Å². The smallest absolute Gasteiger partial charge is 0.263 e. The summed E-state index contributed by atoms with van der Waals surface area (Å²) in [6, 6.07) is 3.90. The molecule has 0 atom stereocenters. The van der Waals surface area contributed by atoms with Gasteiger partial charge in [0.2, 0.25) is 5.91 Å². The van der Waals surface area contributed by atoms with Gasteiger partial charge in [0, 0.05) is 22.9 Å². The second-order valence-electron chi connectivity index (χ2n) is 5.77. The second kappa shape index (κ2) is 7.18. The number of amides is 1. The molecular formula is C16H14N6O2S3. The van der Waals surface area contributed by atoms with Crippen molar-refractivity contribution in [2.45, 2.75) is 13.1 Å². The summed E-state index contributed by atoms with van der Waals surface area (Å²) in [4.78, 5) is 31.2. The fourth-order valence-electron chi connectivity index (χ4n) is 2.62. The highest BCUT2D eigenvalue weighted by molar-refractivity contribution is 7.71. The Bertz CT molecular complexity index is 1230. The summed E-state index contributed by atoms with van der Waals surface area (Å²) in [6.45, 7) is 0.0994. The lowest BCUT2D eigenvalue weighted by Gasteiger charge is -2.07. The molecule has 0 aliphatic carbocycles. The van der Waals surface area contributed by atoms with Gasteiger partial charge in [-0.25, -0.2) is 4.98 Å². The maximum Gasteiger partial charge on any atom is 0.263 e. The van der Waals surface area contributed by atoms with E-state index in [9.17, 15) is 9.59 Å². The standard InChI is InChI=1S/C16H14N6O2S3/c1-21-11(19-20-16(21)25)5-17-12(23)6-22-8-18-14-13(15(22)24)9(7-27-14)10-3-2-4-26-10/h2-4,7-8H,5-6H2,1H3,(H,17,23)(H,20,25). The Morgan fingerprint density at radius 2 is 2.26 bits per heavy atom. The van der Waals surface area contributed by atoms with E-state index in [1.165, 1.54) is 22.2 Å². The maximum atomic E-state index is 12.9. The molecule has 0 bridgehead atoms. The van der Waals surface area contributed by atoms with Gasteiger partial charge in [-0.2, -0.15) is 5.10 Å². The molecule has 0 saturated carbocycles. The van der Waals surface area contributed by atoms with Gasteiger partial charge < -0.3 is 9.88 Å². The zero-order valence-electron chi connectivity index (χ0n) is 14.1. The Balaban J connectivity index is 1.57. The summed E-state index contributed by atoms with van der Waals surface area (Å²) in [7, 11) is 1.76. The number of hydrogen-bond acceptors (Lipinski definition) is 7. The Labute approximate surface area is 166 Å². The van der Waals surface area contributed by atoms with E-state index >= 15 is 0 Å². The lowest BCUT2D eigenvalue weighted by Crippen LogP contribution is -2.32. The van der Waals surface area contributed by atoms with Crippen LogP contribution in [-0.2, 0) is 24.9 Å². The van der Waals surface area contributed by atoms with E-state index in [0.29, 0.717) is 20.8 Å². The Kier molecular flexibility index (Phi) is 4.72. The molecule has 0 spiro atoms. The van der Waals surface area contributed by atoms with Crippen molar-refractivity contribution in [2.24, 2.45) is 7.05 Å². The van der Waals surface area contributed by atoms with Crippen LogP contribution in [0.15, 0.2) is 34.0 Å². The van der Waals surface area contributed by atoms with E-state index in [-0.39, 0.29) is 24.6 Å². The quantitative estimate of drug-likeness (QED) is 0.485. The molecule has 2 N–H and O–H groups in total. The van der Waals surface area contributed by atoms with Crippen molar-refractivity contribution in [2.75, 3.05) is 0 Å². The molecular weight excluding hydrogens is 404 g/mol. The van der Waals surface area contributed by atoms with Crippen LogP contribution in [0.25, 0.3) is 20.7 Å². The van der Waals surface area contributed by atoms with Crippen molar-refractivity contribution in [3.8, 4) is 10.4 Å². The van der Waals surface area contributed by atoms with E-state index in [4.69, 9.17) is 12.2 Å². The molecule has 4 aromatic heterocycles. The molecule has 4 heterocycles. The van der Waals surface area contributed by atoms with Crippen LogP contribution in [0.3, 0.4) is 0 Å². The molecule has 0 saturated heterocycles. The van der Waals surface area contributed by atoms with Crippen LogP contribution in [-0.4, -0.2) is 30.2 Å². The van der Waals surface area contributed by atoms with Crippen LogP contribution in [0.1, 0.15) is 5.82 Å². The number of thiophene rings is 2. The first-order chi connectivity index (χ1) is 13.0. The number of aromatic amines is 1. The van der Waals surface area contributed by atoms with E-state index in [1.807, 2.05) is 22.9 Å². The van der Waals surface area contributed by atoms with Crippen molar-refractivity contribution in [3.05, 3.63) is 50.2 Å². The third kappa shape index (κ3) is 3.36. The highest BCUT2D eigenvalue weighted by Gasteiger charge is 2.15. The summed E-state index contributed by atoms with van der Waals surface area (Å²) in [5.41, 5.74) is 0.636. The molecule has 0 aliphatic rings. The van der Waals surface area contributed by atoms with Gasteiger partial charge in [0.05, 0.1) is 18.3 Å². The Hall–Kier alpha value is -2.63. The summed E-state index contributed by atoms with van der Waals surface area (Å²) in [5.74, 6) is 0.298. The van der Waals surface area contributed by atoms with Crippen LogP contribution in [0.5, 0.6) is 0 Å². The lowest BCUT2D eigenvalue weighted by atomic mass is 10.2. The number of hydrogen-bond donors (Lipinski definition) is 2. The predicted octanol–water partition coefficient (Wildman–Crippen LogP) is 2.29. The summed E-state index contributed by atoms with van der Waals surface area (Å²) in [6.07, 6.45) is 1.41. The van der Waals surface area contributed by atoms with Gasteiger partial charge in [0.25, 0.3) is 5.56 Å². The Morgan fingerprint density at radius 3 is 2.96 bits per heavy atom. The number of H-pyrrole nitrogens is 1. The SMILES string of the molecule is Cn1c(CNC(=O)Cn2cnc3scc(-c4cccs4)c3c2=O)n[nH]c1=S. The maximum absolute atomic E-state index is 12.9. The summed E-state index contributed by atoms with van der Waals surface area (Å²) >= 11 is 8.03. The topological polar surface area (TPSA) is 97.6 Å². The van der Waals surface area contributed by atoms with Gasteiger partial charge in [-0.3, -0.25) is 19.3 Å². The summed E-state index contributed by atoms with van der Waals surface area (Å²) < 4.78 is 3.47. The highest BCUT2D eigenvalue weighted by atomic mass is 32.1. The minimum atomic E-state index is -0.305. The number of nitrogens with zero attached hydrogens (tertiary/aromatic N) is 4. The van der Waals surface area contributed by atoms with Crippen molar-refractivity contribution >= 4 is 51.0 Å². The van der Waals surface area contributed by atoms with Gasteiger partial charge in [0.1, 0.15) is 11.4 Å². The number of carbonyl (C=O) groups excluding carboxylic acids is 1. The second-order valence-corrected chi connectivity index (χ2v) is 7.96. The minimum Gasteiger partial charge on any atom is -0.347 e. The first kappa shape index (κ1) is 17.8. The highest BCUT2D eigenvalue weighted by Crippen LogP contribution is 2.33. The van der Waals surface area contributed by atoms with E-state index in [2.05, 4.69) is 20.5 Å². The van der Waals surface area contributed by atoms with Crippen molar-refractivity contribution in [1.29, 1.82) is 0 Å². The van der Waals surface area contributed by atoms with E-state index < -0.39 is 0 Å². The molecule has 0 aromatic carbocycles. The number of rotatable bonds is 5. The molecule has 0 aliphatic heterocycles. The van der Waals surface area contributed by atoms with Crippen LogP contribution in [0.4, 0.5) is 0 Å². The molecule has 4 aromatic rings. The average Bonchev–Trinajstić information content (AvgIpc) is 3.38. The molecule has 0 fully saturated rings. The van der Waals surface area contributed by atoms with E-state index in [1.54, 1.807) is 23.0 Å². The van der Waals surface area contributed by atoms with Crippen LogP contribution in [0, 0.1) is 4.77 Å².